The summed E-state index contributed by atoms with van der Waals surface area (Å²) in [6.07, 6.45) is 2.57. The molecule has 3 N–H and O–H groups in total. The van der Waals surface area contributed by atoms with Crippen LogP contribution in [0.5, 0.6) is 5.75 Å². The number of H-pyrrole nitrogens is 1. The lowest BCUT2D eigenvalue weighted by molar-refractivity contribution is -0.135. The molecule has 3 aromatic heterocycles. The van der Waals surface area contributed by atoms with Crippen LogP contribution in [0.2, 0.25) is 0 Å². The van der Waals surface area contributed by atoms with Gasteiger partial charge in [-0.3, -0.25) is 9.36 Å². The fourth-order valence-electron chi connectivity index (χ4n) is 7.15. The summed E-state index contributed by atoms with van der Waals surface area (Å²) in [5.41, 5.74) is 1.40. The average Bonchev–Trinajstić information content (AvgIpc) is 3.94. The van der Waals surface area contributed by atoms with Crippen LogP contribution in [0.4, 0.5) is 9.18 Å². The smallest absolute Gasteiger partial charge is 0.464 e. The Labute approximate surface area is 336 Å². The standard InChI is InChI=1S/C41H50BFN6O7S/c1-11-14-48(35(50)34(22(2)3)47-38(51)53-10)21-32-44-19-27(46-32)23-16-26(43)33-29-17-24-15-25(42-55-40(6,7)41(8,9)56-42)12-13-28(24)49(29)36(54-30(33)18-23)31-20-45-37(57-31)39(4,5)52/h12-13,15-20,22,34,36,52H,11,14,21H2,1-10H3,(H,44,46)(H,47,51)/t34-,36?/m0/s1. The summed E-state index contributed by atoms with van der Waals surface area (Å²) in [7, 11) is 0.677. The lowest BCUT2D eigenvalue weighted by Gasteiger charge is -2.32. The molecule has 2 aliphatic heterocycles. The number of methoxy groups -OCH3 is 1. The van der Waals surface area contributed by atoms with Crippen molar-refractivity contribution < 1.29 is 37.9 Å². The molecule has 13 nitrogen and oxygen atoms in total. The Morgan fingerprint density at radius 3 is 2.47 bits per heavy atom. The van der Waals surface area contributed by atoms with Crippen molar-refractivity contribution in [3.05, 3.63) is 70.3 Å². The molecule has 0 aliphatic carbocycles. The second kappa shape index (κ2) is 14.9. The van der Waals surface area contributed by atoms with Crippen LogP contribution in [0, 0.1) is 11.7 Å². The van der Waals surface area contributed by atoms with E-state index in [2.05, 4.69) is 20.3 Å². The predicted octanol–water partition coefficient (Wildman–Crippen LogP) is 6.88. The number of alkyl carbamates (subject to hydrolysis) is 1. The van der Waals surface area contributed by atoms with Gasteiger partial charge in [0.15, 0.2) is 0 Å². The summed E-state index contributed by atoms with van der Waals surface area (Å²) in [6, 6.07) is 10.3. The van der Waals surface area contributed by atoms with Crippen molar-refractivity contribution >= 4 is 46.8 Å². The molecule has 2 aromatic carbocycles. The molecule has 5 aromatic rings. The second-order valence-electron chi connectivity index (χ2n) is 16.6. The van der Waals surface area contributed by atoms with Gasteiger partial charge in [0.2, 0.25) is 12.1 Å². The summed E-state index contributed by atoms with van der Waals surface area (Å²) in [6.45, 7) is 17.7. The van der Waals surface area contributed by atoms with E-state index in [0.29, 0.717) is 52.1 Å². The summed E-state index contributed by atoms with van der Waals surface area (Å²) >= 11 is 1.33. The van der Waals surface area contributed by atoms with Gasteiger partial charge in [-0.1, -0.05) is 32.9 Å². The quantitative estimate of drug-likeness (QED) is 0.121. The van der Waals surface area contributed by atoms with E-state index in [0.717, 1.165) is 21.2 Å². The fourth-order valence-corrected chi connectivity index (χ4v) is 8.09. The van der Waals surface area contributed by atoms with Gasteiger partial charge in [-0.15, -0.1) is 11.3 Å². The Kier molecular flexibility index (Phi) is 10.6. The third-order valence-corrected chi connectivity index (χ3v) is 12.3. The predicted molar refractivity (Wildman–Crippen MR) is 217 cm³/mol. The van der Waals surface area contributed by atoms with Gasteiger partial charge in [0.1, 0.15) is 34.0 Å². The van der Waals surface area contributed by atoms with Crippen molar-refractivity contribution in [3.8, 4) is 28.3 Å². The maximum absolute atomic E-state index is 16.6. The van der Waals surface area contributed by atoms with E-state index in [-0.39, 0.29) is 18.4 Å². The number of rotatable bonds is 11. The van der Waals surface area contributed by atoms with Crippen LogP contribution in [-0.4, -0.2) is 79.5 Å². The number of halogens is 1. The van der Waals surface area contributed by atoms with Crippen molar-refractivity contribution in [2.75, 3.05) is 13.7 Å². The van der Waals surface area contributed by atoms with E-state index >= 15 is 4.39 Å². The Bertz CT molecular complexity index is 2310. The maximum Gasteiger partial charge on any atom is 0.494 e. The van der Waals surface area contributed by atoms with Gasteiger partial charge in [0.25, 0.3) is 0 Å². The summed E-state index contributed by atoms with van der Waals surface area (Å²) in [5, 5.41) is 14.8. The van der Waals surface area contributed by atoms with Gasteiger partial charge in [0, 0.05) is 23.7 Å². The highest BCUT2D eigenvalue weighted by Crippen LogP contribution is 2.48. The number of carbonyl (C=O) groups is 2. The number of fused-ring (bicyclic) bond motifs is 5. The molecule has 0 radical (unpaired) electrons. The summed E-state index contributed by atoms with van der Waals surface area (Å²) in [4.78, 5) is 40.4. The molecule has 0 saturated carbocycles. The number of nitrogens with zero attached hydrogens (tertiary/aromatic N) is 4. The number of thiazole rings is 1. The highest BCUT2D eigenvalue weighted by Gasteiger charge is 2.52. The first-order chi connectivity index (χ1) is 26.8. The first-order valence-electron chi connectivity index (χ1n) is 19.2. The highest BCUT2D eigenvalue weighted by molar-refractivity contribution is 7.11. The molecule has 57 heavy (non-hydrogen) atoms. The van der Waals surface area contributed by atoms with E-state index in [4.69, 9.17) is 18.8 Å². The zero-order valence-electron chi connectivity index (χ0n) is 34.0. The molecule has 1 unspecified atom stereocenters. The van der Waals surface area contributed by atoms with Crippen LogP contribution >= 0.6 is 11.3 Å². The molecule has 0 spiro atoms. The van der Waals surface area contributed by atoms with E-state index in [1.807, 2.05) is 77.3 Å². The van der Waals surface area contributed by atoms with Gasteiger partial charge in [0.05, 0.1) is 58.4 Å². The summed E-state index contributed by atoms with van der Waals surface area (Å²) in [5.74, 6) is -0.129. The molecular weight excluding hydrogens is 750 g/mol. The Morgan fingerprint density at radius 1 is 1.12 bits per heavy atom. The zero-order chi connectivity index (χ0) is 41.2. The number of aromatic amines is 1. The van der Waals surface area contributed by atoms with Gasteiger partial charge in [-0.25, -0.2) is 19.2 Å². The topological polar surface area (TPSA) is 153 Å². The number of aliphatic hydroxyl groups is 1. The van der Waals surface area contributed by atoms with Crippen LogP contribution < -0.4 is 15.5 Å². The molecule has 5 heterocycles. The molecule has 1 saturated heterocycles. The van der Waals surface area contributed by atoms with Crippen LogP contribution in [0.25, 0.3) is 33.4 Å². The number of carbonyl (C=O) groups excluding carboxylic acids is 2. The van der Waals surface area contributed by atoms with Gasteiger partial charge in [-0.2, -0.15) is 0 Å². The minimum Gasteiger partial charge on any atom is -0.464 e. The maximum atomic E-state index is 16.6. The van der Waals surface area contributed by atoms with E-state index in [1.165, 1.54) is 24.5 Å². The van der Waals surface area contributed by atoms with Crippen molar-refractivity contribution in [2.24, 2.45) is 5.92 Å². The first kappa shape index (κ1) is 40.4. The molecule has 2 atom stereocenters. The average molecular weight is 801 g/mol. The lowest BCUT2D eigenvalue weighted by atomic mass is 9.78. The third-order valence-electron chi connectivity index (χ3n) is 10.9. The number of ether oxygens (including phenoxy) is 2. The molecule has 2 aliphatic rings. The Hall–Kier alpha value is -4.77. The number of benzene rings is 2. The molecule has 16 heteroatoms. The van der Waals surface area contributed by atoms with E-state index < -0.39 is 48.1 Å². The fraction of sp³-hybridized carbons (Fsp3) is 0.463. The second-order valence-corrected chi connectivity index (χ2v) is 17.7. The van der Waals surface area contributed by atoms with Crippen LogP contribution in [0.15, 0.2) is 48.8 Å². The van der Waals surface area contributed by atoms with Crippen LogP contribution in [0.3, 0.4) is 0 Å². The molecule has 302 valence electrons. The first-order valence-corrected chi connectivity index (χ1v) is 20.0. The van der Waals surface area contributed by atoms with E-state index in [9.17, 15) is 14.7 Å². The van der Waals surface area contributed by atoms with Crippen molar-refractivity contribution in [2.45, 2.75) is 104 Å². The Balaban J connectivity index is 1.25. The van der Waals surface area contributed by atoms with Gasteiger partial charge < -0.3 is 39.1 Å². The lowest BCUT2D eigenvalue weighted by Crippen LogP contribution is -2.51. The molecule has 1 fully saturated rings. The largest absolute Gasteiger partial charge is 0.494 e. The monoisotopic (exact) mass is 800 g/mol. The number of hydrogen-bond acceptors (Lipinski definition) is 10. The highest BCUT2D eigenvalue weighted by atomic mass is 32.1. The summed E-state index contributed by atoms with van der Waals surface area (Å²) < 4.78 is 42.8. The van der Waals surface area contributed by atoms with Crippen LogP contribution in [0.1, 0.15) is 90.7 Å². The SMILES string of the molecule is CCCN(Cc1ncc(-c2cc(F)c3c(c2)OC(c2cnc(C(C)(C)O)s2)n2c-3cc3cc(B4OC(C)(C)C(C)(C)O4)ccc32)[nH]1)C(=O)[C@@H](NC(=O)OC)C(C)C. The van der Waals surface area contributed by atoms with Crippen molar-refractivity contribution in [1.82, 2.24) is 29.7 Å². The number of amides is 2. The number of nitrogens with one attached hydrogen (secondary N) is 2. The number of hydrogen-bond donors (Lipinski definition) is 3. The third kappa shape index (κ3) is 7.55. The van der Waals surface area contributed by atoms with Gasteiger partial charge >= 0.3 is 13.2 Å². The normalized spacial score (nSPS) is 17.6. The zero-order valence-corrected chi connectivity index (χ0v) is 34.8. The molecule has 7 rings (SSSR count). The minimum absolute atomic E-state index is 0.147. The molecule has 0 bridgehead atoms. The minimum atomic E-state index is -1.17. The number of aromatic nitrogens is 4. The van der Waals surface area contributed by atoms with Crippen molar-refractivity contribution in [1.29, 1.82) is 0 Å². The van der Waals surface area contributed by atoms with E-state index in [1.54, 1.807) is 37.2 Å². The van der Waals surface area contributed by atoms with Gasteiger partial charge in [-0.05, 0) is 83.6 Å². The van der Waals surface area contributed by atoms with Crippen LogP contribution in [-0.2, 0) is 31.0 Å². The molecular formula is C41H50BFN6O7S. The molecule has 2 amide bonds. The number of imidazole rings is 1. The Morgan fingerprint density at radius 2 is 1.84 bits per heavy atom. The van der Waals surface area contributed by atoms with Crippen molar-refractivity contribution in [3.63, 3.8) is 0 Å².